The molecule has 1 aliphatic heterocycles. The van der Waals surface area contributed by atoms with Gasteiger partial charge < -0.3 is 20.1 Å². The first kappa shape index (κ1) is 17.3. The normalized spacial score (nSPS) is 14.6. The van der Waals surface area contributed by atoms with Crippen molar-refractivity contribution in [2.24, 2.45) is 0 Å². The number of para-hydroxylation sites is 1. The molecule has 0 saturated carbocycles. The predicted molar refractivity (Wildman–Crippen MR) is 107 cm³/mol. The molecule has 3 aromatic rings. The molecule has 0 spiro atoms. The number of carbonyl (C=O) groups is 1. The molecule has 7 nitrogen and oxygen atoms in total. The Bertz CT molecular complexity index is 929. The number of nitrogens with one attached hydrogen (secondary N) is 2. The summed E-state index contributed by atoms with van der Waals surface area (Å²) in [5.41, 5.74) is 2.47. The van der Waals surface area contributed by atoms with Crippen molar-refractivity contribution in [1.82, 2.24) is 19.9 Å². The van der Waals surface area contributed by atoms with Gasteiger partial charge in [0.25, 0.3) is 0 Å². The Morgan fingerprint density at radius 3 is 2.81 bits per heavy atom. The molecule has 1 amide bonds. The number of anilines is 2. The summed E-state index contributed by atoms with van der Waals surface area (Å²) in [6, 6.07) is 10.3. The number of hydrogen-bond acceptors (Lipinski definition) is 5. The van der Waals surface area contributed by atoms with Crippen molar-refractivity contribution in [1.29, 1.82) is 0 Å². The van der Waals surface area contributed by atoms with Crippen LogP contribution in [0.1, 0.15) is 11.4 Å². The number of nitrogens with zero attached hydrogens (tertiary/aromatic N) is 4. The van der Waals surface area contributed by atoms with Crippen LogP contribution in [0.4, 0.5) is 11.6 Å². The zero-order valence-electron chi connectivity index (χ0n) is 15.5. The van der Waals surface area contributed by atoms with E-state index in [1.165, 1.54) is 16.5 Å². The standard InChI is InChI=1S/C20H24N6O/c1-15-23-19(12-20(24-15)26-10-8-25(14-27)9-11-26)21-7-6-16-13-22-18-5-3-2-4-17(16)18/h2-5,12-14,22H,6-11H2,1H3,(H,21,23,24). The summed E-state index contributed by atoms with van der Waals surface area (Å²) in [4.78, 5) is 27.3. The van der Waals surface area contributed by atoms with Gasteiger partial charge in [0, 0.05) is 55.9 Å². The Labute approximate surface area is 158 Å². The third-order valence-electron chi connectivity index (χ3n) is 4.99. The Balaban J connectivity index is 1.40. The fraction of sp³-hybridized carbons (Fsp3) is 0.350. The average Bonchev–Trinajstić information content (AvgIpc) is 3.11. The van der Waals surface area contributed by atoms with Crippen molar-refractivity contribution < 1.29 is 4.79 Å². The van der Waals surface area contributed by atoms with Crippen LogP contribution in [-0.4, -0.2) is 59.0 Å². The lowest BCUT2D eigenvalue weighted by Gasteiger charge is -2.33. The molecule has 0 bridgehead atoms. The van der Waals surface area contributed by atoms with Gasteiger partial charge in [-0.25, -0.2) is 9.97 Å². The minimum Gasteiger partial charge on any atom is -0.370 e. The molecule has 7 heteroatoms. The minimum atomic E-state index is 0.732. The molecule has 1 saturated heterocycles. The van der Waals surface area contributed by atoms with Crippen molar-refractivity contribution in [3.05, 3.63) is 47.9 Å². The molecule has 1 aliphatic rings. The second kappa shape index (κ2) is 7.65. The van der Waals surface area contributed by atoms with E-state index in [-0.39, 0.29) is 0 Å². The van der Waals surface area contributed by atoms with E-state index in [0.29, 0.717) is 0 Å². The average molecular weight is 364 g/mol. The van der Waals surface area contributed by atoms with Crippen molar-refractivity contribution in [2.45, 2.75) is 13.3 Å². The Morgan fingerprint density at radius 1 is 1.19 bits per heavy atom. The van der Waals surface area contributed by atoms with Gasteiger partial charge in [-0.1, -0.05) is 18.2 Å². The molecular weight excluding hydrogens is 340 g/mol. The number of benzene rings is 1. The number of piperazine rings is 1. The molecule has 1 fully saturated rings. The van der Waals surface area contributed by atoms with Crippen LogP contribution in [-0.2, 0) is 11.2 Å². The van der Waals surface area contributed by atoms with Gasteiger partial charge in [-0.05, 0) is 25.0 Å². The summed E-state index contributed by atoms with van der Waals surface area (Å²) in [6.07, 6.45) is 3.91. The van der Waals surface area contributed by atoms with E-state index in [1.54, 1.807) is 4.90 Å². The molecule has 2 N–H and O–H groups in total. The summed E-state index contributed by atoms with van der Waals surface area (Å²) in [5, 5.41) is 4.70. The summed E-state index contributed by atoms with van der Waals surface area (Å²) < 4.78 is 0. The van der Waals surface area contributed by atoms with Crippen LogP contribution >= 0.6 is 0 Å². The highest BCUT2D eigenvalue weighted by Crippen LogP contribution is 2.20. The molecule has 2 aromatic heterocycles. The number of aromatic amines is 1. The third kappa shape index (κ3) is 3.86. The molecule has 0 atom stereocenters. The summed E-state index contributed by atoms with van der Waals surface area (Å²) in [7, 11) is 0. The Morgan fingerprint density at radius 2 is 2.00 bits per heavy atom. The second-order valence-corrected chi connectivity index (χ2v) is 6.82. The quantitative estimate of drug-likeness (QED) is 0.656. The van der Waals surface area contributed by atoms with E-state index in [0.717, 1.165) is 63.0 Å². The van der Waals surface area contributed by atoms with E-state index < -0.39 is 0 Å². The van der Waals surface area contributed by atoms with E-state index in [4.69, 9.17) is 0 Å². The van der Waals surface area contributed by atoms with Gasteiger partial charge in [0.2, 0.25) is 6.41 Å². The number of H-pyrrole nitrogens is 1. The zero-order valence-corrected chi connectivity index (χ0v) is 15.5. The highest BCUT2D eigenvalue weighted by Gasteiger charge is 2.17. The van der Waals surface area contributed by atoms with Crippen molar-refractivity contribution in [2.75, 3.05) is 42.9 Å². The molecule has 0 radical (unpaired) electrons. The number of aryl methyl sites for hydroxylation is 1. The first-order chi connectivity index (χ1) is 13.2. The zero-order chi connectivity index (χ0) is 18.6. The molecule has 3 heterocycles. The molecule has 140 valence electrons. The summed E-state index contributed by atoms with van der Waals surface area (Å²) in [5.74, 6) is 2.51. The molecule has 27 heavy (non-hydrogen) atoms. The lowest BCUT2D eigenvalue weighted by molar-refractivity contribution is -0.118. The highest BCUT2D eigenvalue weighted by atomic mass is 16.1. The van der Waals surface area contributed by atoms with Crippen LogP contribution in [0.15, 0.2) is 36.5 Å². The topological polar surface area (TPSA) is 77.2 Å². The van der Waals surface area contributed by atoms with Gasteiger partial charge in [-0.3, -0.25) is 4.79 Å². The van der Waals surface area contributed by atoms with Gasteiger partial charge in [-0.2, -0.15) is 0 Å². The van der Waals surface area contributed by atoms with E-state index in [9.17, 15) is 4.79 Å². The first-order valence-electron chi connectivity index (χ1n) is 9.32. The summed E-state index contributed by atoms with van der Waals surface area (Å²) >= 11 is 0. The van der Waals surface area contributed by atoms with Gasteiger partial charge >= 0.3 is 0 Å². The van der Waals surface area contributed by atoms with Crippen molar-refractivity contribution in [3.8, 4) is 0 Å². The second-order valence-electron chi connectivity index (χ2n) is 6.82. The molecule has 0 aliphatic carbocycles. The van der Waals surface area contributed by atoms with Crippen LogP contribution < -0.4 is 10.2 Å². The van der Waals surface area contributed by atoms with Gasteiger partial charge in [0.1, 0.15) is 17.5 Å². The largest absolute Gasteiger partial charge is 0.370 e. The SMILES string of the molecule is Cc1nc(NCCc2c[nH]c3ccccc23)cc(N2CCN(C=O)CC2)n1. The Hall–Kier alpha value is -3.09. The van der Waals surface area contributed by atoms with Gasteiger partial charge in [-0.15, -0.1) is 0 Å². The number of rotatable bonds is 6. The number of carbonyl (C=O) groups excluding carboxylic acids is 1. The van der Waals surface area contributed by atoms with Gasteiger partial charge in [0.05, 0.1) is 0 Å². The number of fused-ring (bicyclic) bond motifs is 1. The maximum atomic E-state index is 10.9. The number of aromatic nitrogens is 3. The van der Waals surface area contributed by atoms with Crippen LogP contribution in [0.2, 0.25) is 0 Å². The third-order valence-corrected chi connectivity index (χ3v) is 4.99. The maximum absolute atomic E-state index is 10.9. The predicted octanol–water partition coefficient (Wildman–Crippen LogP) is 2.20. The molecule has 4 rings (SSSR count). The molecular formula is C20H24N6O. The Kier molecular flexibility index (Phi) is 4.91. The fourth-order valence-electron chi connectivity index (χ4n) is 3.52. The maximum Gasteiger partial charge on any atom is 0.209 e. The van der Waals surface area contributed by atoms with Crippen LogP contribution in [0.5, 0.6) is 0 Å². The van der Waals surface area contributed by atoms with Crippen LogP contribution in [0.3, 0.4) is 0 Å². The first-order valence-corrected chi connectivity index (χ1v) is 9.32. The van der Waals surface area contributed by atoms with Crippen molar-refractivity contribution >= 4 is 28.9 Å². The molecule has 0 unspecified atom stereocenters. The highest BCUT2D eigenvalue weighted by molar-refractivity contribution is 5.83. The fourth-order valence-corrected chi connectivity index (χ4v) is 3.52. The lowest BCUT2D eigenvalue weighted by Crippen LogP contribution is -2.46. The van der Waals surface area contributed by atoms with Gasteiger partial charge in [0.15, 0.2) is 0 Å². The lowest BCUT2D eigenvalue weighted by atomic mass is 10.1. The summed E-state index contributed by atoms with van der Waals surface area (Å²) in [6.45, 7) is 5.77. The van der Waals surface area contributed by atoms with Crippen LogP contribution in [0, 0.1) is 6.92 Å². The smallest absolute Gasteiger partial charge is 0.209 e. The van der Waals surface area contributed by atoms with E-state index >= 15 is 0 Å². The molecule has 1 aromatic carbocycles. The number of hydrogen-bond donors (Lipinski definition) is 2. The number of amides is 1. The van der Waals surface area contributed by atoms with E-state index in [1.807, 2.05) is 19.1 Å². The van der Waals surface area contributed by atoms with Crippen LogP contribution in [0.25, 0.3) is 10.9 Å². The minimum absolute atomic E-state index is 0.732. The van der Waals surface area contributed by atoms with Crippen molar-refractivity contribution in [3.63, 3.8) is 0 Å². The monoisotopic (exact) mass is 364 g/mol. The van der Waals surface area contributed by atoms with E-state index in [2.05, 4.69) is 49.6 Å².